The van der Waals surface area contributed by atoms with Gasteiger partial charge in [-0.2, -0.15) is 5.26 Å². The van der Waals surface area contributed by atoms with Crippen LogP contribution < -0.4 is 10.1 Å². The summed E-state index contributed by atoms with van der Waals surface area (Å²) in [5, 5.41) is 12.8. The van der Waals surface area contributed by atoms with Crippen molar-refractivity contribution in [2.45, 2.75) is 0 Å². The molecule has 0 radical (unpaired) electrons. The number of rotatable bonds is 4. The standard InChI is InChI=1S/C12H9N3O2S/c13-4-5-17-10-3-1-2-9(6-10)15-12(16)11-7-18-8-14-11/h1-3,6-8H,5H2,(H,15,16). The molecule has 5 nitrogen and oxygen atoms in total. The summed E-state index contributed by atoms with van der Waals surface area (Å²) in [6.45, 7) is -0.0243. The fourth-order valence-corrected chi connectivity index (χ4v) is 1.83. The molecule has 1 amide bonds. The summed E-state index contributed by atoms with van der Waals surface area (Å²) in [5.41, 5.74) is 2.58. The van der Waals surface area contributed by atoms with Crippen LogP contribution >= 0.6 is 11.3 Å². The third-order valence-electron chi connectivity index (χ3n) is 2.06. The molecule has 0 saturated heterocycles. The van der Waals surface area contributed by atoms with Gasteiger partial charge in [0.2, 0.25) is 0 Å². The predicted molar refractivity (Wildman–Crippen MR) is 67.6 cm³/mol. The van der Waals surface area contributed by atoms with Crippen LogP contribution in [0.15, 0.2) is 35.2 Å². The second-order valence-corrected chi connectivity index (χ2v) is 4.02. The summed E-state index contributed by atoms with van der Waals surface area (Å²) in [7, 11) is 0. The first-order valence-corrected chi connectivity index (χ1v) is 6.03. The molecule has 0 aliphatic heterocycles. The number of anilines is 1. The van der Waals surface area contributed by atoms with Crippen molar-refractivity contribution in [3.05, 3.63) is 40.8 Å². The van der Waals surface area contributed by atoms with Gasteiger partial charge in [0.15, 0.2) is 6.61 Å². The predicted octanol–water partition coefficient (Wildman–Crippen LogP) is 2.30. The van der Waals surface area contributed by atoms with E-state index < -0.39 is 0 Å². The molecule has 0 spiro atoms. The van der Waals surface area contributed by atoms with E-state index in [2.05, 4.69) is 10.3 Å². The minimum absolute atomic E-state index is 0.0243. The molecule has 0 atom stereocenters. The van der Waals surface area contributed by atoms with Gasteiger partial charge in [0, 0.05) is 17.1 Å². The van der Waals surface area contributed by atoms with E-state index in [0.29, 0.717) is 17.1 Å². The summed E-state index contributed by atoms with van der Waals surface area (Å²) in [6.07, 6.45) is 0. The molecule has 0 unspecified atom stereocenters. The van der Waals surface area contributed by atoms with Gasteiger partial charge in [-0.1, -0.05) is 6.07 Å². The number of thiazole rings is 1. The molecule has 18 heavy (non-hydrogen) atoms. The number of aromatic nitrogens is 1. The van der Waals surface area contributed by atoms with Gasteiger partial charge in [-0.05, 0) is 12.1 Å². The van der Waals surface area contributed by atoms with Crippen LogP contribution in [0.3, 0.4) is 0 Å². The summed E-state index contributed by atoms with van der Waals surface area (Å²) >= 11 is 1.36. The van der Waals surface area contributed by atoms with Crippen molar-refractivity contribution in [1.82, 2.24) is 4.98 Å². The number of carbonyl (C=O) groups is 1. The lowest BCUT2D eigenvalue weighted by atomic mass is 10.3. The largest absolute Gasteiger partial charge is 0.479 e. The molecule has 90 valence electrons. The van der Waals surface area contributed by atoms with Crippen molar-refractivity contribution in [3.8, 4) is 11.8 Å². The molecule has 1 heterocycles. The van der Waals surface area contributed by atoms with Crippen LogP contribution in [0.4, 0.5) is 5.69 Å². The Labute approximate surface area is 108 Å². The summed E-state index contributed by atoms with van der Waals surface area (Å²) in [4.78, 5) is 15.7. The molecule has 2 aromatic rings. The second kappa shape index (κ2) is 5.80. The smallest absolute Gasteiger partial charge is 0.275 e. The van der Waals surface area contributed by atoms with Gasteiger partial charge in [-0.15, -0.1) is 11.3 Å². The van der Waals surface area contributed by atoms with Crippen molar-refractivity contribution in [2.75, 3.05) is 11.9 Å². The Morgan fingerprint density at radius 1 is 1.56 bits per heavy atom. The molecule has 1 aromatic carbocycles. The molecule has 0 saturated carbocycles. The maximum atomic E-state index is 11.7. The number of nitrogens with one attached hydrogen (secondary N) is 1. The van der Waals surface area contributed by atoms with Gasteiger partial charge in [-0.25, -0.2) is 4.98 Å². The first-order valence-electron chi connectivity index (χ1n) is 5.09. The van der Waals surface area contributed by atoms with Crippen LogP contribution in [0, 0.1) is 11.3 Å². The van der Waals surface area contributed by atoms with E-state index in [1.807, 2.05) is 6.07 Å². The number of hydrogen-bond acceptors (Lipinski definition) is 5. The number of benzene rings is 1. The Kier molecular flexibility index (Phi) is 3.89. The first-order chi connectivity index (χ1) is 8.79. The maximum Gasteiger partial charge on any atom is 0.275 e. The summed E-state index contributed by atoms with van der Waals surface area (Å²) < 4.78 is 5.14. The quantitative estimate of drug-likeness (QED) is 0.914. The Balaban J connectivity index is 2.05. The Morgan fingerprint density at radius 2 is 2.44 bits per heavy atom. The molecule has 0 aliphatic carbocycles. The Morgan fingerprint density at radius 3 is 3.17 bits per heavy atom. The monoisotopic (exact) mass is 259 g/mol. The normalized spacial score (nSPS) is 9.50. The number of hydrogen-bond donors (Lipinski definition) is 1. The topological polar surface area (TPSA) is 75.0 Å². The fraction of sp³-hybridized carbons (Fsp3) is 0.0833. The molecular weight excluding hydrogens is 250 g/mol. The highest BCUT2D eigenvalue weighted by atomic mass is 32.1. The van der Waals surface area contributed by atoms with Crippen molar-refractivity contribution in [2.24, 2.45) is 0 Å². The number of carbonyl (C=O) groups excluding carboxylic acids is 1. The molecule has 2 rings (SSSR count). The van der Waals surface area contributed by atoms with E-state index in [1.54, 1.807) is 35.2 Å². The number of ether oxygens (including phenoxy) is 1. The zero-order valence-corrected chi connectivity index (χ0v) is 10.1. The van der Waals surface area contributed by atoms with Crippen molar-refractivity contribution in [3.63, 3.8) is 0 Å². The van der Waals surface area contributed by atoms with Gasteiger partial charge in [0.25, 0.3) is 5.91 Å². The van der Waals surface area contributed by atoms with E-state index in [4.69, 9.17) is 10.00 Å². The molecule has 1 aromatic heterocycles. The van der Waals surface area contributed by atoms with Crippen LogP contribution in [-0.4, -0.2) is 17.5 Å². The highest BCUT2D eigenvalue weighted by Gasteiger charge is 2.08. The number of amides is 1. The van der Waals surface area contributed by atoms with E-state index in [-0.39, 0.29) is 12.5 Å². The van der Waals surface area contributed by atoms with Crippen LogP contribution in [0.5, 0.6) is 5.75 Å². The van der Waals surface area contributed by atoms with E-state index in [1.165, 1.54) is 11.3 Å². The lowest BCUT2D eigenvalue weighted by molar-refractivity contribution is 0.102. The fourth-order valence-electron chi connectivity index (χ4n) is 1.30. The van der Waals surface area contributed by atoms with Gasteiger partial charge >= 0.3 is 0 Å². The average Bonchev–Trinajstić information content (AvgIpc) is 2.91. The van der Waals surface area contributed by atoms with Crippen molar-refractivity contribution < 1.29 is 9.53 Å². The minimum Gasteiger partial charge on any atom is -0.479 e. The second-order valence-electron chi connectivity index (χ2n) is 3.30. The Hall–Kier alpha value is -2.39. The maximum absolute atomic E-state index is 11.7. The highest BCUT2D eigenvalue weighted by molar-refractivity contribution is 7.07. The van der Waals surface area contributed by atoms with Crippen LogP contribution in [0.1, 0.15) is 10.5 Å². The molecular formula is C12H9N3O2S. The Bertz CT molecular complexity index is 575. The van der Waals surface area contributed by atoms with Gasteiger partial charge in [0.05, 0.1) is 5.51 Å². The van der Waals surface area contributed by atoms with Gasteiger partial charge < -0.3 is 10.1 Å². The van der Waals surface area contributed by atoms with Crippen LogP contribution in [0.25, 0.3) is 0 Å². The molecule has 0 bridgehead atoms. The minimum atomic E-state index is -0.270. The lowest BCUT2D eigenvalue weighted by Gasteiger charge is -2.06. The van der Waals surface area contributed by atoms with E-state index in [9.17, 15) is 4.79 Å². The van der Waals surface area contributed by atoms with Crippen molar-refractivity contribution >= 4 is 22.9 Å². The zero-order valence-electron chi connectivity index (χ0n) is 9.29. The van der Waals surface area contributed by atoms with Crippen LogP contribution in [-0.2, 0) is 0 Å². The van der Waals surface area contributed by atoms with Crippen LogP contribution in [0.2, 0.25) is 0 Å². The van der Waals surface area contributed by atoms with Gasteiger partial charge in [0.1, 0.15) is 17.5 Å². The zero-order chi connectivity index (χ0) is 12.8. The number of nitrogens with zero attached hydrogens (tertiary/aromatic N) is 2. The third kappa shape index (κ3) is 3.06. The van der Waals surface area contributed by atoms with Gasteiger partial charge in [-0.3, -0.25) is 4.79 Å². The summed E-state index contributed by atoms with van der Waals surface area (Å²) in [5.74, 6) is 0.265. The first kappa shape index (κ1) is 12.1. The third-order valence-corrected chi connectivity index (χ3v) is 2.65. The van der Waals surface area contributed by atoms with E-state index >= 15 is 0 Å². The van der Waals surface area contributed by atoms with E-state index in [0.717, 1.165) is 0 Å². The molecule has 0 aliphatic rings. The highest BCUT2D eigenvalue weighted by Crippen LogP contribution is 2.18. The molecule has 0 fully saturated rings. The molecule has 1 N–H and O–H groups in total. The number of nitriles is 1. The van der Waals surface area contributed by atoms with Crippen molar-refractivity contribution in [1.29, 1.82) is 5.26 Å². The molecule has 6 heteroatoms. The average molecular weight is 259 g/mol. The SMILES string of the molecule is N#CCOc1cccc(NC(=O)c2cscn2)c1. The summed E-state index contributed by atoms with van der Waals surface area (Å²) in [6, 6.07) is 8.73. The lowest BCUT2D eigenvalue weighted by Crippen LogP contribution is -2.12.